The third-order valence-electron chi connectivity index (χ3n) is 2.95. The second kappa shape index (κ2) is 5.52. The van der Waals surface area contributed by atoms with E-state index in [1.54, 1.807) is 18.6 Å². The third kappa shape index (κ3) is 3.10. The van der Waals surface area contributed by atoms with E-state index in [1.165, 1.54) is 0 Å². The zero-order valence-electron chi connectivity index (χ0n) is 11.3. The van der Waals surface area contributed by atoms with E-state index < -0.39 is 0 Å². The van der Waals surface area contributed by atoms with Gasteiger partial charge in [-0.05, 0) is 55.2 Å². The maximum absolute atomic E-state index is 9.77. The van der Waals surface area contributed by atoms with Crippen LogP contribution in [0.1, 0.15) is 23.6 Å². The van der Waals surface area contributed by atoms with Crippen LogP contribution in [0.25, 0.3) is 5.57 Å². The number of phenols is 1. The van der Waals surface area contributed by atoms with Crippen molar-refractivity contribution in [1.29, 1.82) is 0 Å². The van der Waals surface area contributed by atoms with E-state index in [4.69, 9.17) is 0 Å². The second-order valence-electron chi connectivity index (χ2n) is 4.52. The molecule has 0 unspecified atom stereocenters. The van der Waals surface area contributed by atoms with Crippen LogP contribution in [0, 0.1) is 13.8 Å². The van der Waals surface area contributed by atoms with Crippen LogP contribution in [0.5, 0.6) is 5.75 Å². The van der Waals surface area contributed by atoms with Crippen molar-refractivity contribution < 1.29 is 5.11 Å². The highest BCUT2D eigenvalue weighted by Gasteiger charge is 2.04. The van der Waals surface area contributed by atoms with Crippen LogP contribution in [-0.4, -0.2) is 15.1 Å². The molecule has 0 amide bonds. The summed E-state index contributed by atoms with van der Waals surface area (Å²) in [4.78, 5) is 8.12. The summed E-state index contributed by atoms with van der Waals surface area (Å²) in [7, 11) is 0. The summed E-state index contributed by atoms with van der Waals surface area (Å²) in [6.07, 6.45) is 6.82. The Morgan fingerprint density at radius 3 is 2.47 bits per heavy atom. The molecular formula is C15H17N3O. The fraction of sp³-hybridized carbons (Fsp3) is 0.200. The number of allylic oxidation sites excluding steroid dienone is 1. The molecule has 0 saturated heterocycles. The summed E-state index contributed by atoms with van der Waals surface area (Å²) in [5.74, 6) is 1.06. The smallest absolute Gasteiger partial charge is 0.148 e. The van der Waals surface area contributed by atoms with E-state index in [1.807, 2.05) is 39.1 Å². The molecular weight excluding hydrogens is 238 g/mol. The lowest BCUT2D eigenvalue weighted by atomic mass is 10.0. The zero-order chi connectivity index (χ0) is 13.8. The molecule has 0 aliphatic rings. The zero-order valence-corrected chi connectivity index (χ0v) is 11.3. The van der Waals surface area contributed by atoms with Crippen LogP contribution in [0.2, 0.25) is 0 Å². The first-order chi connectivity index (χ1) is 9.08. The van der Waals surface area contributed by atoms with Gasteiger partial charge in [0, 0.05) is 18.6 Å². The molecule has 4 heteroatoms. The van der Waals surface area contributed by atoms with Crippen molar-refractivity contribution in [2.24, 2.45) is 0 Å². The monoisotopic (exact) mass is 255 g/mol. The number of hydrogen-bond donors (Lipinski definition) is 2. The molecule has 4 nitrogen and oxygen atoms in total. The predicted octanol–water partition coefficient (Wildman–Crippen LogP) is 3.27. The van der Waals surface area contributed by atoms with Gasteiger partial charge in [0.25, 0.3) is 0 Å². The largest absolute Gasteiger partial charge is 0.507 e. The first-order valence-corrected chi connectivity index (χ1v) is 6.08. The summed E-state index contributed by atoms with van der Waals surface area (Å²) in [6.45, 7) is 5.80. The van der Waals surface area contributed by atoms with Crippen LogP contribution >= 0.6 is 0 Å². The Morgan fingerprint density at radius 2 is 1.89 bits per heavy atom. The van der Waals surface area contributed by atoms with Gasteiger partial charge in [-0.2, -0.15) is 0 Å². The summed E-state index contributed by atoms with van der Waals surface area (Å²) in [5, 5.41) is 12.9. The lowest BCUT2D eigenvalue weighted by Crippen LogP contribution is -1.94. The number of benzene rings is 1. The molecule has 0 fully saturated rings. The van der Waals surface area contributed by atoms with Gasteiger partial charge in [0.2, 0.25) is 0 Å². The summed E-state index contributed by atoms with van der Waals surface area (Å²) >= 11 is 0. The lowest BCUT2D eigenvalue weighted by Gasteiger charge is -2.09. The lowest BCUT2D eigenvalue weighted by molar-refractivity contribution is 0.467. The third-order valence-corrected chi connectivity index (χ3v) is 2.95. The molecule has 0 aliphatic carbocycles. The van der Waals surface area contributed by atoms with Crippen LogP contribution in [0.3, 0.4) is 0 Å². The van der Waals surface area contributed by atoms with E-state index in [2.05, 4.69) is 15.3 Å². The molecule has 2 N–H and O–H groups in total. The number of aryl methyl sites for hydroxylation is 2. The number of nitrogens with one attached hydrogen (secondary N) is 1. The van der Waals surface area contributed by atoms with Crippen molar-refractivity contribution in [1.82, 2.24) is 9.97 Å². The minimum atomic E-state index is 0.360. The molecule has 1 aromatic carbocycles. The molecule has 2 aromatic rings. The number of phenolic OH excluding ortho intramolecular Hbond substituents is 1. The molecule has 0 spiro atoms. The van der Waals surface area contributed by atoms with E-state index in [-0.39, 0.29) is 0 Å². The van der Waals surface area contributed by atoms with Gasteiger partial charge in [-0.3, -0.25) is 4.98 Å². The number of nitrogens with zero attached hydrogens (tertiary/aromatic N) is 2. The SMILES string of the molecule is C/C(=C\Nc1cnccn1)c1cc(C)c(O)c(C)c1. The molecule has 0 saturated carbocycles. The molecule has 0 bridgehead atoms. The Bertz CT molecular complexity index is 583. The molecule has 1 heterocycles. The fourth-order valence-electron chi connectivity index (χ4n) is 1.82. The topological polar surface area (TPSA) is 58.0 Å². The number of hydrogen-bond acceptors (Lipinski definition) is 4. The van der Waals surface area contributed by atoms with Gasteiger partial charge in [0.15, 0.2) is 0 Å². The van der Waals surface area contributed by atoms with Gasteiger partial charge in [0.05, 0.1) is 6.20 Å². The molecule has 98 valence electrons. The van der Waals surface area contributed by atoms with Crippen molar-refractivity contribution in [2.45, 2.75) is 20.8 Å². The maximum Gasteiger partial charge on any atom is 0.148 e. The quantitative estimate of drug-likeness (QED) is 0.883. The van der Waals surface area contributed by atoms with Gasteiger partial charge in [-0.15, -0.1) is 0 Å². The average molecular weight is 255 g/mol. The Labute approximate surface area is 112 Å². The highest BCUT2D eigenvalue weighted by Crippen LogP contribution is 2.26. The number of aromatic hydroxyl groups is 1. The Kier molecular flexibility index (Phi) is 3.80. The van der Waals surface area contributed by atoms with E-state index in [9.17, 15) is 5.11 Å². The minimum absolute atomic E-state index is 0.360. The van der Waals surface area contributed by atoms with Crippen LogP contribution in [0.4, 0.5) is 5.82 Å². The highest BCUT2D eigenvalue weighted by molar-refractivity contribution is 5.68. The van der Waals surface area contributed by atoms with Gasteiger partial charge in [0.1, 0.15) is 11.6 Å². The van der Waals surface area contributed by atoms with Crippen molar-refractivity contribution in [3.63, 3.8) is 0 Å². The van der Waals surface area contributed by atoms with Crippen LogP contribution in [0.15, 0.2) is 36.9 Å². The van der Waals surface area contributed by atoms with E-state index in [0.717, 1.165) is 22.3 Å². The molecule has 2 rings (SSSR count). The standard InChI is InChI=1S/C15H17N3O/c1-10-6-13(7-11(2)15(10)19)12(3)8-18-14-9-16-4-5-17-14/h4-9,19H,1-3H3,(H,17,18)/b12-8+. The number of anilines is 1. The predicted molar refractivity (Wildman–Crippen MR) is 76.9 cm³/mol. The molecule has 0 radical (unpaired) electrons. The number of aromatic nitrogens is 2. The number of rotatable bonds is 3. The Morgan fingerprint density at radius 1 is 1.21 bits per heavy atom. The molecule has 0 atom stereocenters. The van der Waals surface area contributed by atoms with E-state index >= 15 is 0 Å². The van der Waals surface area contributed by atoms with Gasteiger partial charge >= 0.3 is 0 Å². The van der Waals surface area contributed by atoms with Crippen molar-refractivity contribution >= 4 is 11.4 Å². The fourth-order valence-corrected chi connectivity index (χ4v) is 1.82. The summed E-state index contributed by atoms with van der Waals surface area (Å²) < 4.78 is 0. The first-order valence-electron chi connectivity index (χ1n) is 6.08. The Hall–Kier alpha value is -2.36. The normalized spacial score (nSPS) is 11.4. The molecule has 0 aliphatic heterocycles. The van der Waals surface area contributed by atoms with Crippen molar-refractivity contribution in [3.8, 4) is 5.75 Å². The van der Waals surface area contributed by atoms with Crippen LogP contribution in [-0.2, 0) is 0 Å². The second-order valence-corrected chi connectivity index (χ2v) is 4.52. The summed E-state index contributed by atoms with van der Waals surface area (Å²) in [5.41, 5.74) is 3.89. The molecule has 19 heavy (non-hydrogen) atoms. The van der Waals surface area contributed by atoms with Crippen molar-refractivity contribution in [2.75, 3.05) is 5.32 Å². The van der Waals surface area contributed by atoms with Gasteiger partial charge < -0.3 is 10.4 Å². The molecule has 1 aromatic heterocycles. The van der Waals surface area contributed by atoms with E-state index in [0.29, 0.717) is 11.6 Å². The van der Waals surface area contributed by atoms with Crippen LogP contribution < -0.4 is 5.32 Å². The summed E-state index contributed by atoms with van der Waals surface area (Å²) in [6, 6.07) is 3.93. The average Bonchev–Trinajstić information content (AvgIpc) is 2.42. The minimum Gasteiger partial charge on any atom is -0.507 e. The van der Waals surface area contributed by atoms with Gasteiger partial charge in [-0.25, -0.2) is 4.98 Å². The van der Waals surface area contributed by atoms with Crippen molar-refractivity contribution in [3.05, 3.63) is 53.6 Å². The first kappa shape index (κ1) is 13.1. The maximum atomic E-state index is 9.77. The Balaban J connectivity index is 2.22. The highest BCUT2D eigenvalue weighted by atomic mass is 16.3. The van der Waals surface area contributed by atoms with Gasteiger partial charge in [-0.1, -0.05) is 0 Å².